The van der Waals surface area contributed by atoms with Gasteiger partial charge in [-0.3, -0.25) is 9.59 Å². The fraction of sp³-hybridized carbons (Fsp3) is 0.222. The van der Waals surface area contributed by atoms with E-state index in [1.54, 1.807) is 31.4 Å². The van der Waals surface area contributed by atoms with Gasteiger partial charge in [0.2, 0.25) is 5.91 Å². The van der Waals surface area contributed by atoms with Crippen LogP contribution in [0.3, 0.4) is 0 Å². The van der Waals surface area contributed by atoms with Gasteiger partial charge in [0.25, 0.3) is 5.91 Å². The molecular formula is C18H20N2O3. The van der Waals surface area contributed by atoms with Crippen LogP contribution in [0.1, 0.15) is 28.4 Å². The number of anilines is 2. The number of amides is 2. The summed E-state index contributed by atoms with van der Waals surface area (Å²) in [7, 11) is 1.57. The summed E-state index contributed by atoms with van der Waals surface area (Å²) in [5.74, 6) is 0.176. The van der Waals surface area contributed by atoms with Crippen LogP contribution >= 0.6 is 0 Å². The zero-order chi connectivity index (χ0) is 17.0. The normalized spacial score (nSPS) is 10.1. The Hall–Kier alpha value is -2.82. The van der Waals surface area contributed by atoms with E-state index in [1.165, 1.54) is 6.92 Å². The molecule has 0 bridgehead atoms. The van der Waals surface area contributed by atoms with Gasteiger partial charge in [0.15, 0.2) is 0 Å². The second kappa shape index (κ2) is 6.96. The zero-order valence-electron chi connectivity index (χ0n) is 13.7. The highest BCUT2D eigenvalue weighted by molar-refractivity contribution is 6.06. The molecule has 0 saturated carbocycles. The molecule has 2 amide bonds. The Morgan fingerprint density at radius 2 is 1.78 bits per heavy atom. The van der Waals surface area contributed by atoms with Gasteiger partial charge in [-0.15, -0.1) is 0 Å². The van der Waals surface area contributed by atoms with Crippen molar-refractivity contribution in [3.05, 3.63) is 53.1 Å². The average Bonchev–Trinajstić information content (AvgIpc) is 2.49. The SMILES string of the molecule is COc1cc(C)cc(C)c1NC(=O)c1cccc(NC(C)=O)c1. The maximum atomic E-state index is 12.5. The minimum Gasteiger partial charge on any atom is -0.495 e. The van der Waals surface area contributed by atoms with Gasteiger partial charge in [-0.05, 0) is 49.2 Å². The Morgan fingerprint density at radius 3 is 2.43 bits per heavy atom. The smallest absolute Gasteiger partial charge is 0.255 e. The minimum atomic E-state index is -0.262. The van der Waals surface area contributed by atoms with Crippen molar-refractivity contribution in [3.8, 4) is 5.75 Å². The van der Waals surface area contributed by atoms with Crippen LogP contribution in [-0.4, -0.2) is 18.9 Å². The zero-order valence-corrected chi connectivity index (χ0v) is 13.7. The van der Waals surface area contributed by atoms with Crippen molar-refractivity contribution < 1.29 is 14.3 Å². The van der Waals surface area contributed by atoms with Gasteiger partial charge in [0, 0.05) is 18.2 Å². The molecule has 2 N–H and O–H groups in total. The molecule has 0 aromatic heterocycles. The average molecular weight is 312 g/mol. The number of hydrogen-bond acceptors (Lipinski definition) is 3. The molecule has 0 aliphatic carbocycles. The van der Waals surface area contributed by atoms with E-state index in [9.17, 15) is 9.59 Å². The Labute approximate surface area is 135 Å². The lowest BCUT2D eigenvalue weighted by Crippen LogP contribution is -2.14. The van der Waals surface area contributed by atoms with Crippen LogP contribution in [-0.2, 0) is 4.79 Å². The molecule has 0 unspecified atom stereocenters. The molecule has 2 aromatic rings. The number of carbonyl (C=O) groups is 2. The third kappa shape index (κ3) is 4.10. The number of methoxy groups -OCH3 is 1. The first-order chi connectivity index (χ1) is 10.9. The molecule has 2 aromatic carbocycles. The maximum absolute atomic E-state index is 12.5. The van der Waals surface area contributed by atoms with Gasteiger partial charge in [-0.1, -0.05) is 12.1 Å². The van der Waals surface area contributed by atoms with Crippen molar-refractivity contribution in [2.75, 3.05) is 17.7 Å². The Balaban J connectivity index is 2.28. The quantitative estimate of drug-likeness (QED) is 0.907. The van der Waals surface area contributed by atoms with Crippen molar-refractivity contribution in [2.24, 2.45) is 0 Å². The monoisotopic (exact) mass is 312 g/mol. The van der Waals surface area contributed by atoms with Crippen LogP contribution in [0.4, 0.5) is 11.4 Å². The fourth-order valence-corrected chi connectivity index (χ4v) is 2.38. The van der Waals surface area contributed by atoms with Crippen LogP contribution in [0.15, 0.2) is 36.4 Å². The maximum Gasteiger partial charge on any atom is 0.255 e. The van der Waals surface area contributed by atoms with Gasteiger partial charge in [0.1, 0.15) is 5.75 Å². The van der Waals surface area contributed by atoms with Crippen LogP contribution in [0, 0.1) is 13.8 Å². The highest BCUT2D eigenvalue weighted by Crippen LogP contribution is 2.30. The summed E-state index contributed by atoms with van der Waals surface area (Å²) in [6, 6.07) is 10.6. The number of aryl methyl sites for hydroxylation is 2. The lowest BCUT2D eigenvalue weighted by molar-refractivity contribution is -0.114. The Morgan fingerprint density at radius 1 is 1.04 bits per heavy atom. The molecule has 0 fully saturated rings. The van der Waals surface area contributed by atoms with Crippen molar-refractivity contribution in [1.82, 2.24) is 0 Å². The van der Waals surface area contributed by atoms with E-state index >= 15 is 0 Å². The summed E-state index contributed by atoms with van der Waals surface area (Å²) in [6.07, 6.45) is 0. The van der Waals surface area contributed by atoms with Crippen LogP contribution < -0.4 is 15.4 Å². The molecule has 23 heavy (non-hydrogen) atoms. The van der Waals surface area contributed by atoms with Gasteiger partial charge in [-0.2, -0.15) is 0 Å². The minimum absolute atomic E-state index is 0.182. The number of nitrogens with one attached hydrogen (secondary N) is 2. The van der Waals surface area contributed by atoms with Crippen molar-refractivity contribution in [2.45, 2.75) is 20.8 Å². The largest absolute Gasteiger partial charge is 0.495 e. The van der Waals surface area contributed by atoms with Gasteiger partial charge >= 0.3 is 0 Å². The summed E-state index contributed by atoms with van der Waals surface area (Å²) in [5, 5.41) is 5.54. The molecule has 0 aliphatic heterocycles. The molecule has 5 nitrogen and oxygen atoms in total. The van der Waals surface area contributed by atoms with E-state index < -0.39 is 0 Å². The van der Waals surface area contributed by atoms with E-state index in [0.717, 1.165) is 11.1 Å². The number of ether oxygens (including phenoxy) is 1. The molecule has 5 heteroatoms. The van der Waals surface area contributed by atoms with Gasteiger partial charge in [0.05, 0.1) is 12.8 Å². The van der Waals surface area contributed by atoms with E-state index in [1.807, 2.05) is 26.0 Å². The lowest BCUT2D eigenvalue weighted by Gasteiger charge is -2.14. The molecule has 120 valence electrons. The van der Waals surface area contributed by atoms with E-state index in [4.69, 9.17) is 4.74 Å². The highest BCUT2D eigenvalue weighted by atomic mass is 16.5. The summed E-state index contributed by atoms with van der Waals surface area (Å²) >= 11 is 0. The number of carbonyl (C=O) groups excluding carboxylic acids is 2. The van der Waals surface area contributed by atoms with E-state index in [2.05, 4.69) is 10.6 Å². The molecule has 0 saturated heterocycles. The number of benzene rings is 2. The van der Waals surface area contributed by atoms with Crippen LogP contribution in [0.2, 0.25) is 0 Å². The molecule has 0 aliphatic rings. The topological polar surface area (TPSA) is 67.4 Å². The Kier molecular flexibility index (Phi) is 5.01. The number of hydrogen-bond donors (Lipinski definition) is 2. The highest BCUT2D eigenvalue weighted by Gasteiger charge is 2.13. The second-order valence-electron chi connectivity index (χ2n) is 5.38. The molecule has 0 heterocycles. The van der Waals surface area contributed by atoms with E-state index in [-0.39, 0.29) is 11.8 Å². The second-order valence-corrected chi connectivity index (χ2v) is 5.38. The van der Waals surface area contributed by atoms with Crippen LogP contribution in [0.25, 0.3) is 0 Å². The molecular weight excluding hydrogens is 292 g/mol. The standard InChI is InChI=1S/C18H20N2O3/c1-11-8-12(2)17(16(9-11)23-4)20-18(22)14-6-5-7-15(10-14)19-13(3)21/h5-10H,1-4H3,(H,19,21)(H,20,22). The summed E-state index contributed by atoms with van der Waals surface area (Å²) < 4.78 is 5.35. The summed E-state index contributed by atoms with van der Waals surface area (Å²) in [6.45, 7) is 5.31. The van der Waals surface area contributed by atoms with Gasteiger partial charge < -0.3 is 15.4 Å². The third-order valence-corrected chi connectivity index (χ3v) is 3.35. The van der Waals surface area contributed by atoms with E-state index in [0.29, 0.717) is 22.7 Å². The third-order valence-electron chi connectivity index (χ3n) is 3.35. The number of rotatable bonds is 4. The first-order valence-electron chi connectivity index (χ1n) is 7.25. The summed E-state index contributed by atoms with van der Waals surface area (Å²) in [4.78, 5) is 23.6. The van der Waals surface area contributed by atoms with Gasteiger partial charge in [-0.25, -0.2) is 0 Å². The predicted molar refractivity (Wildman–Crippen MR) is 91.2 cm³/mol. The van der Waals surface area contributed by atoms with Crippen LogP contribution in [0.5, 0.6) is 5.75 Å². The Bertz CT molecular complexity index is 754. The van der Waals surface area contributed by atoms with Crippen molar-refractivity contribution >= 4 is 23.2 Å². The molecule has 2 rings (SSSR count). The molecule has 0 atom stereocenters. The predicted octanol–water partition coefficient (Wildman–Crippen LogP) is 3.52. The lowest BCUT2D eigenvalue weighted by atomic mass is 10.1. The van der Waals surface area contributed by atoms with Crippen molar-refractivity contribution in [1.29, 1.82) is 0 Å². The first-order valence-corrected chi connectivity index (χ1v) is 7.25. The first kappa shape index (κ1) is 16.5. The molecule has 0 spiro atoms. The fourth-order valence-electron chi connectivity index (χ4n) is 2.38. The summed E-state index contributed by atoms with van der Waals surface area (Å²) in [5.41, 5.74) is 3.67. The van der Waals surface area contributed by atoms with Crippen molar-refractivity contribution in [3.63, 3.8) is 0 Å². The molecule has 0 radical (unpaired) electrons.